The van der Waals surface area contributed by atoms with E-state index in [4.69, 9.17) is 10.5 Å². The van der Waals surface area contributed by atoms with Crippen molar-refractivity contribution < 1.29 is 4.74 Å². The summed E-state index contributed by atoms with van der Waals surface area (Å²) in [5.74, 6) is 0.631. The van der Waals surface area contributed by atoms with Gasteiger partial charge in [-0.05, 0) is 24.1 Å². The molecule has 0 atom stereocenters. The highest BCUT2D eigenvalue weighted by Crippen LogP contribution is 2.25. The summed E-state index contributed by atoms with van der Waals surface area (Å²) >= 11 is 3.43. The highest BCUT2D eigenvalue weighted by molar-refractivity contribution is 9.10. The quantitative estimate of drug-likeness (QED) is 0.944. The largest absolute Gasteiger partial charge is 0.471 e. The molecule has 0 unspecified atom stereocenters. The van der Waals surface area contributed by atoms with Gasteiger partial charge in [0.05, 0.1) is 5.69 Å². The van der Waals surface area contributed by atoms with Gasteiger partial charge in [0, 0.05) is 11.5 Å². The minimum Gasteiger partial charge on any atom is -0.471 e. The number of nitrogens with zero attached hydrogens (tertiary/aromatic N) is 2. The van der Waals surface area contributed by atoms with Crippen LogP contribution in [0, 0.1) is 0 Å². The molecule has 0 aliphatic rings. The minimum atomic E-state index is 0.478. The molecule has 0 amide bonds. The molecule has 0 radical (unpaired) electrons. The van der Waals surface area contributed by atoms with E-state index in [0.717, 1.165) is 22.2 Å². The van der Waals surface area contributed by atoms with Crippen LogP contribution in [0.2, 0.25) is 0 Å². The predicted octanol–water partition coefficient (Wildman–Crippen LogP) is 2.91. The molecule has 0 bridgehead atoms. The van der Waals surface area contributed by atoms with E-state index in [2.05, 4.69) is 21.0 Å². The van der Waals surface area contributed by atoms with E-state index in [0.29, 0.717) is 18.2 Å². The number of aryl methyl sites for hydroxylation is 2. The molecule has 0 saturated heterocycles. The second-order valence-corrected chi connectivity index (χ2v) is 4.98. The maximum atomic E-state index is 5.99. The van der Waals surface area contributed by atoms with Crippen LogP contribution in [-0.4, -0.2) is 9.78 Å². The fourth-order valence-electron chi connectivity index (χ4n) is 1.79. The van der Waals surface area contributed by atoms with Crippen molar-refractivity contribution in [3.05, 3.63) is 40.0 Å². The van der Waals surface area contributed by atoms with Gasteiger partial charge in [0.25, 0.3) is 0 Å². The smallest absolute Gasteiger partial charge is 0.236 e. The highest BCUT2D eigenvalue weighted by Gasteiger charge is 2.13. The molecule has 2 aromatic rings. The lowest BCUT2D eigenvalue weighted by Crippen LogP contribution is -2.02. The standard InChI is InChI=1S/C13H16BrN3O/c1-3-11-12(15)13(17(2)16-11)18-8-9-5-4-6-10(14)7-9/h4-7H,3,8,15H2,1-2H3. The van der Waals surface area contributed by atoms with Gasteiger partial charge < -0.3 is 10.5 Å². The predicted molar refractivity (Wildman–Crippen MR) is 75.5 cm³/mol. The molecular formula is C13H16BrN3O. The lowest BCUT2D eigenvalue weighted by atomic mass is 10.2. The van der Waals surface area contributed by atoms with Gasteiger partial charge >= 0.3 is 0 Å². The number of hydrogen-bond acceptors (Lipinski definition) is 3. The second-order valence-electron chi connectivity index (χ2n) is 4.06. The van der Waals surface area contributed by atoms with Crippen LogP contribution in [0.15, 0.2) is 28.7 Å². The topological polar surface area (TPSA) is 53.1 Å². The third-order valence-electron chi connectivity index (χ3n) is 2.71. The van der Waals surface area contributed by atoms with Crippen LogP contribution in [-0.2, 0) is 20.1 Å². The lowest BCUT2D eigenvalue weighted by Gasteiger charge is -2.07. The van der Waals surface area contributed by atoms with Crippen molar-refractivity contribution in [3.63, 3.8) is 0 Å². The lowest BCUT2D eigenvalue weighted by molar-refractivity contribution is 0.280. The number of aromatic nitrogens is 2. The Balaban J connectivity index is 2.13. The normalized spacial score (nSPS) is 10.6. The number of halogens is 1. The first-order valence-corrected chi connectivity index (χ1v) is 6.59. The van der Waals surface area contributed by atoms with Gasteiger partial charge in [-0.15, -0.1) is 0 Å². The Labute approximate surface area is 115 Å². The molecule has 2 rings (SSSR count). The van der Waals surface area contributed by atoms with E-state index in [9.17, 15) is 0 Å². The van der Waals surface area contributed by atoms with E-state index in [1.54, 1.807) is 4.68 Å². The van der Waals surface area contributed by atoms with Crippen molar-refractivity contribution in [2.24, 2.45) is 7.05 Å². The van der Waals surface area contributed by atoms with Crippen molar-refractivity contribution in [1.29, 1.82) is 0 Å². The van der Waals surface area contributed by atoms with Crippen molar-refractivity contribution in [2.75, 3.05) is 5.73 Å². The van der Waals surface area contributed by atoms with Gasteiger partial charge in [-0.1, -0.05) is 35.0 Å². The minimum absolute atomic E-state index is 0.478. The Hall–Kier alpha value is -1.49. The SMILES string of the molecule is CCc1nn(C)c(OCc2cccc(Br)c2)c1N. The van der Waals surface area contributed by atoms with E-state index < -0.39 is 0 Å². The number of rotatable bonds is 4. The van der Waals surface area contributed by atoms with Gasteiger partial charge in [0.15, 0.2) is 0 Å². The Morgan fingerprint density at radius 1 is 1.44 bits per heavy atom. The first kappa shape index (κ1) is 13.0. The van der Waals surface area contributed by atoms with Crippen LogP contribution in [0.3, 0.4) is 0 Å². The zero-order valence-corrected chi connectivity index (χ0v) is 12.1. The maximum absolute atomic E-state index is 5.99. The Morgan fingerprint density at radius 2 is 2.22 bits per heavy atom. The van der Waals surface area contributed by atoms with Crippen molar-refractivity contribution in [2.45, 2.75) is 20.0 Å². The maximum Gasteiger partial charge on any atom is 0.236 e. The number of benzene rings is 1. The average Bonchev–Trinajstić information content (AvgIpc) is 2.62. The fourth-order valence-corrected chi connectivity index (χ4v) is 2.24. The van der Waals surface area contributed by atoms with Crippen LogP contribution in [0.25, 0.3) is 0 Å². The zero-order chi connectivity index (χ0) is 13.1. The van der Waals surface area contributed by atoms with Crippen LogP contribution in [0.5, 0.6) is 5.88 Å². The molecule has 0 aliphatic carbocycles. The summed E-state index contributed by atoms with van der Waals surface area (Å²) in [4.78, 5) is 0. The summed E-state index contributed by atoms with van der Waals surface area (Å²) in [5, 5.41) is 4.32. The summed E-state index contributed by atoms with van der Waals surface area (Å²) < 4.78 is 8.47. The van der Waals surface area contributed by atoms with E-state index in [1.165, 1.54) is 0 Å². The Bertz CT molecular complexity index is 551. The number of nitrogens with two attached hydrogens (primary N) is 1. The number of ether oxygens (including phenoxy) is 1. The molecule has 1 aromatic carbocycles. The summed E-state index contributed by atoms with van der Waals surface area (Å²) in [5.41, 5.74) is 8.59. The van der Waals surface area contributed by atoms with Gasteiger partial charge in [-0.25, -0.2) is 4.68 Å². The van der Waals surface area contributed by atoms with Crippen molar-refractivity contribution in [1.82, 2.24) is 9.78 Å². The van der Waals surface area contributed by atoms with Crippen LogP contribution >= 0.6 is 15.9 Å². The second kappa shape index (κ2) is 5.44. The van der Waals surface area contributed by atoms with Gasteiger partial charge in [-0.2, -0.15) is 5.10 Å². The van der Waals surface area contributed by atoms with E-state index >= 15 is 0 Å². The molecule has 4 nitrogen and oxygen atoms in total. The number of hydrogen-bond donors (Lipinski definition) is 1. The summed E-state index contributed by atoms with van der Waals surface area (Å²) in [6.07, 6.45) is 0.805. The molecule has 2 N–H and O–H groups in total. The number of anilines is 1. The van der Waals surface area contributed by atoms with E-state index in [1.807, 2.05) is 38.2 Å². The van der Waals surface area contributed by atoms with E-state index in [-0.39, 0.29) is 0 Å². The molecule has 18 heavy (non-hydrogen) atoms. The van der Waals surface area contributed by atoms with Crippen LogP contribution < -0.4 is 10.5 Å². The fraction of sp³-hybridized carbons (Fsp3) is 0.308. The summed E-state index contributed by atoms with van der Waals surface area (Å²) in [6, 6.07) is 8.00. The zero-order valence-electron chi connectivity index (χ0n) is 10.5. The summed E-state index contributed by atoms with van der Waals surface area (Å²) in [6.45, 7) is 2.50. The van der Waals surface area contributed by atoms with Crippen molar-refractivity contribution >= 4 is 21.6 Å². The molecule has 0 spiro atoms. The van der Waals surface area contributed by atoms with Gasteiger partial charge in [0.1, 0.15) is 12.3 Å². The molecular weight excluding hydrogens is 294 g/mol. The average molecular weight is 310 g/mol. The molecule has 96 valence electrons. The molecule has 0 saturated carbocycles. The van der Waals surface area contributed by atoms with Gasteiger partial charge in [-0.3, -0.25) is 0 Å². The third kappa shape index (κ3) is 2.67. The Kier molecular flexibility index (Phi) is 3.91. The molecule has 0 aliphatic heterocycles. The van der Waals surface area contributed by atoms with Gasteiger partial charge in [0.2, 0.25) is 5.88 Å². The summed E-state index contributed by atoms with van der Waals surface area (Å²) in [7, 11) is 1.84. The first-order chi connectivity index (χ1) is 8.61. The molecule has 0 fully saturated rings. The monoisotopic (exact) mass is 309 g/mol. The van der Waals surface area contributed by atoms with Crippen molar-refractivity contribution in [3.8, 4) is 5.88 Å². The molecule has 1 aromatic heterocycles. The van der Waals surface area contributed by atoms with Crippen LogP contribution in [0.4, 0.5) is 5.69 Å². The molecule has 5 heteroatoms. The molecule has 1 heterocycles. The number of nitrogen functional groups attached to an aromatic ring is 1. The first-order valence-electron chi connectivity index (χ1n) is 5.80. The Morgan fingerprint density at radius 3 is 2.83 bits per heavy atom. The highest BCUT2D eigenvalue weighted by atomic mass is 79.9. The van der Waals surface area contributed by atoms with Crippen LogP contribution in [0.1, 0.15) is 18.2 Å². The third-order valence-corrected chi connectivity index (χ3v) is 3.20.